The molecule has 3 nitrogen and oxygen atoms in total. The Balaban J connectivity index is 2.97. The van der Waals surface area contributed by atoms with Gasteiger partial charge in [0, 0.05) is 6.07 Å². The molecule has 0 amide bonds. The van der Waals surface area contributed by atoms with Gasteiger partial charge in [0.1, 0.15) is 11.4 Å². The van der Waals surface area contributed by atoms with Crippen LogP contribution in [-0.2, 0) is 0 Å². The second kappa shape index (κ2) is 3.78. The van der Waals surface area contributed by atoms with Gasteiger partial charge in [-0.1, -0.05) is 0 Å². The molecule has 0 bridgehead atoms. The summed E-state index contributed by atoms with van der Waals surface area (Å²) in [7, 11) is 1.55. The minimum absolute atomic E-state index is 0.170. The molecular weight excluding hydrogens is 180 g/mol. The Labute approximate surface area is 84.3 Å². The Kier molecular flexibility index (Phi) is 2.89. The summed E-state index contributed by atoms with van der Waals surface area (Å²) >= 11 is 0. The number of aromatic hydroxyl groups is 1. The number of hydrogen-bond acceptors (Lipinski definition) is 3. The third kappa shape index (κ3) is 2.83. The van der Waals surface area contributed by atoms with Crippen molar-refractivity contribution in [3.8, 4) is 17.2 Å². The first-order valence-corrected chi connectivity index (χ1v) is 4.48. The normalized spacial score (nSPS) is 11.1. The van der Waals surface area contributed by atoms with Gasteiger partial charge in [0.2, 0.25) is 0 Å². The van der Waals surface area contributed by atoms with Crippen molar-refractivity contribution in [2.24, 2.45) is 0 Å². The predicted octanol–water partition coefficient (Wildman–Crippen LogP) is 2.58. The number of phenolic OH excluding ortho intramolecular Hbond substituents is 1. The molecule has 0 spiro atoms. The first kappa shape index (κ1) is 10.7. The van der Waals surface area contributed by atoms with E-state index >= 15 is 0 Å². The molecule has 1 N–H and O–H groups in total. The van der Waals surface area contributed by atoms with Gasteiger partial charge in [-0.05, 0) is 32.9 Å². The third-order valence-electron chi connectivity index (χ3n) is 1.56. The Morgan fingerprint density at radius 3 is 2.29 bits per heavy atom. The molecular formula is C11H16O3. The van der Waals surface area contributed by atoms with Crippen molar-refractivity contribution in [2.45, 2.75) is 26.4 Å². The summed E-state index contributed by atoms with van der Waals surface area (Å²) in [6.07, 6.45) is 0. The van der Waals surface area contributed by atoms with Crippen LogP contribution < -0.4 is 9.47 Å². The topological polar surface area (TPSA) is 38.7 Å². The summed E-state index contributed by atoms with van der Waals surface area (Å²) in [4.78, 5) is 0. The summed E-state index contributed by atoms with van der Waals surface area (Å²) in [5, 5.41) is 9.23. The molecule has 14 heavy (non-hydrogen) atoms. The number of phenols is 1. The van der Waals surface area contributed by atoms with E-state index in [-0.39, 0.29) is 11.4 Å². The van der Waals surface area contributed by atoms with Crippen LogP contribution in [0.25, 0.3) is 0 Å². The third-order valence-corrected chi connectivity index (χ3v) is 1.56. The van der Waals surface area contributed by atoms with Crippen LogP contribution >= 0.6 is 0 Å². The van der Waals surface area contributed by atoms with Gasteiger partial charge in [-0.25, -0.2) is 0 Å². The maximum Gasteiger partial charge on any atom is 0.164 e. The SMILES string of the molecule is COc1cc(O)ccc1OC(C)(C)C. The zero-order chi connectivity index (χ0) is 10.8. The summed E-state index contributed by atoms with van der Waals surface area (Å²) < 4.78 is 10.7. The van der Waals surface area contributed by atoms with E-state index in [1.165, 1.54) is 6.07 Å². The Hall–Kier alpha value is -1.38. The van der Waals surface area contributed by atoms with Crippen LogP contribution in [0, 0.1) is 0 Å². The average molecular weight is 196 g/mol. The van der Waals surface area contributed by atoms with Crippen LogP contribution in [0.15, 0.2) is 18.2 Å². The molecule has 0 saturated heterocycles. The fourth-order valence-electron chi connectivity index (χ4n) is 1.07. The van der Waals surface area contributed by atoms with Crippen molar-refractivity contribution in [3.63, 3.8) is 0 Å². The molecule has 0 saturated carbocycles. The monoisotopic (exact) mass is 196 g/mol. The highest BCUT2D eigenvalue weighted by molar-refractivity contribution is 5.45. The molecule has 0 aromatic heterocycles. The van der Waals surface area contributed by atoms with E-state index in [4.69, 9.17) is 9.47 Å². The molecule has 0 aliphatic heterocycles. The molecule has 3 heteroatoms. The Morgan fingerprint density at radius 1 is 1.14 bits per heavy atom. The standard InChI is InChI=1S/C11H16O3/c1-11(2,3)14-9-6-5-8(12)7-10(9)13-4/h5-7,12H,1-4H3. The summed E-state index contributed by atoms with van der Waals surface area (Å²) in [5.41, 5.74) is -0.274. The number of hydrogen-bond donors (Lipinski definition) is 1. The zero-order valence-electron chi connectivity index (χ0n) is 9.00. The highest BCUT2D eigenvalue weighted by Crippen LogP contribution is 2.32. The predicted molar refractivity (Wildman–Crippen MR) is 55.0 cm³/mol. The molecule has 0 aliphatic carbocycles. The van der Waals surface area contributed by atoms with E-state index in [0.29, 0.717) is 11.5 Å². The summed E-state index contributed by atoms with van der Waals surface area (Å²) in [6, 6.07) is 4.80. The number of methoxy groups -OCH3 is 1. The van der Waals surface area contributed by atoms with Crippen LogP contribution in [0.2, 0.25) is 0 Å². The molecule has 0 unspecified atom stereocenters. The van der Waals surface area contributed by atoms with Crippen LogP contribution in [0.5, 0.6) is 17.2 Å². The minimum Gasteiger partial charge on any atom is -0.508 e. The second-order valence-electron chi connectivity index (χ2n) is 4.05. The van der Waals surface area contributed by atoms with Crippen LogP contribution in [0.3, 0.4) is 0 Å². The smallest absolute Gasteiger partial charge is 0.164 e. The maximum absolute atomic E-state index is 9.23. The molecule has 1 rings (SSSR count). The van der Waals surface area contributed by atoms with Gasteiger partial charge in [0.25, 0.3) is 0 Å². The molecule has 1 aromatic rings. The fraction of sp³-hybridized carbons (Fsp3) is 0.455. The van der Waals surface area contributed by atoms with Gasteiger partial charge in [-0.15, -0.1) is 0 Å². The van der Waals surface area contributed by atoms with E-state index in [0.717, 1.165) is 0 Å². The van der Waals surface area contributed by atoms with Crippen LogP contribution in [0.1, 0.15) is 20.8 Å². The average Bonchev–Trinajstić information content (AvgIpc) is 2.06. The summed E-state index contributed by atoms with van der Waals surface area (Å²) in [6.45, 7) is 5.87. The van der Waals surface area contributed by atoms with E-state index in [1.807, 2.05) is 20.8 Å². The largest absolute Gasteiger partial charge is 0.508 e. The van der Waals surface area contributed by atoms with Crippen molar-refractivity contribution >= 4 is 0 Å². The molecule has 78 valence electrons. The lowest BCUT2D eigenvalue weighted by molar-refractivity contribution is 0.125. The molecule has 0 fully saturated rings. The van der Waals surface area contributed by atoms with Gasteiger partial charge in [0.05, 0.1) is 7.11 Å². The van der Waals surface area contributed by atoms with Gasteiger partial charge >= 0.3 is 0 Å². The van der Waals surface area contributed by atoms with Crippen LogP contribution in [0.4, 0.5) is 0 Å². The fourth-order valence-corrected chi connectivity index (χ4v) is 1.07. The van der Waals surface area contributed by atoms with Gasteiger partial charge in [-0.2, -0.15) is 0 Å². The lowest BCUT2D eigenvalue weighted by Crippen LogP contribution is -2.23. The lowest BCUT2D eigenvalue weighted by Gasteiger charge is -2.22. The molecule has 0 heterocycles. The zero-order valence-corrected chi connectivity index (χ0v) is 9.00. The van der Waals surface area contributed by atoms with Crippen LogP contribution in [-0.4, -0.2) is 17.8 Å². The lowest BCUT2D eigenvalue weighted by atomic mass is 10.2. The quantitative estimate of drug-likeness (QED) is 0.790. The highest BCUT2D eigenvalue weighted by atomic mass is 16.5. The number of ether oxygens (including phenoxy) is 2. The van der Waals surface area contributed by atoms with Gasteiger partial charge in [0.15, 0.2) is 11.5 Å². The first-order valence-electron chi connectivity index (χ1n) is 4.48. The molecule has 0 atom stereocenters. The first-order chi connectivity index (χ1) is 6.42. The molecule has 1 aromatic carbocycles. The second-order valence-corrected chi connectivity index (χ2v) is 4.05. The van der Waals surface area contributed by atoms with Crippen molar-refractivity contribution in [1.29, 1.82) is 0 Å². The Morgan fingerprint density at radius 2 is 1.79 bits per heavy atom. The highest BCUT2D eigenvalue weighted by Gasteiger charge is 2.15. The van der Waals surface area contributed by atoms with Crippen molar-refractivity contribution in [2.75, 3.05) is 7.11 Å². The molecule has 0 aliphatic rings. The number of benzene rings is 1. The van der Waals surface area contributed by atoms with Crippen molar-refractivity contribution in [1.82, 2.24) is 0 Å². The maximum atomic E-state index is 9.23. The van der Waals surface area contributed by atoms with E-state index in [9.17, 15) is 5.11 Å². The molecule has 0 radical (unpaired) electrons. The minimum atomic E-state index is -0.274. The van der Waals surface area contributed by atoms with Crippen molar-refractivity contribution < 1.29 is 14.6 Å². The van der Waals surface area contributed by atoms with E-state index in [1.54, 1.807) is 19.2 Å². The van der Waals surface area contributed by atoms with E-state index < -0.39 is 0 Å². The van der Waals surface area contributed by atoms with E-state index in [2.05, 4.69) is 0 Å². The van der Waals surface area contributed by atoms with Gasteiger partial charge in [-0.3, -0.25) is 0 Å². The summed E-state index contributed by atoms with van der Waals surface area (Å²) in [5.74, 6) is 1.35. The van der Waals surface area contributed by atoms with Gasteiger partial charge < -0.3 is 14.6 Å². The van der Waals surface area contributed by atoms with Crippen molar-refractivity contribution in [3.05, 3.63) is 18.2 Å². The Bertz CT molecular complexity index is 313. The number of rotatable bonds is 2.